The lowest BCUT2D eigenvalue weighted by Crippen LogP contribution is -2.34. The van der Waals surface area contributed by atoms with Crippen LogP contribution in [0.25, 0.3) is 0 Å². The predicted molar refractivity (Wildman–Crippen MR) is 73.7 cm³/mol. The molecule has 1 aliphatic heterocycles. The van der Waals surface area contributed by atoms with E-state index >= 15 is 0 Å². The van der Waals surface area contributed by atoms with Crippen LogP contribution in [0.4, 0.5) is 14.9 Å². The Labute approximate surface area is 121 Å². The number of anilines is 1. The first-order valence-electron chi connectivity index (χ1n) is 6.66. The number of nitrogens with one attached hydrogen (secondary N) is 1. The van der Waals surface area contributed by atoms with Crippen molar-refractivity contribution in [2.75, 3.05) is 18.4 Å². The maximum atomic E-state index is 13.5. The van der Waals surface area contributed by atoms with Gasteiger partial charge in [0.15, 0.2) is 0 Å². The molecule has 0 radical (unpaired) electrons. The van der Waals surface area contributed by atoms with Gasteiger partial charge >= 0.3 is 12.0 Å². The summed E-state index contributed by atoms with van der Waals surface area (Å²) in [6.07, 6.45) is 0.173. The monoisotopic (exact) mass is 296 g/mol. The number of hydrogen-bond acceptors (Lipinski definition) is 3. The number of aliphatic hydroxyl groups excluding tert-OH is 1. The first-order chi connectivity index (χ1) is 9.90. The number of nitrogens with zero attached hydrogens (tertiary/aromatic N) is 1. The molecule has 2 atom stereocenters. The lowest BCUT2D eigenvalue weighted by Gasteiger charge is -2.19. The van der Waals surface area contributed by atoms with Crippen LogP contribution in [-0.2, 0) is 0 Å². The molecule has 0 spiro atoms. The highest BCUT2D eigenvalue weighted by atomic mass is 19.1. The van der Waals surface area contributed by atoms with Crippen molar-refractivity contribution in [1.82, 2.24) is 4.90 Å². The number of urea groups is 1. The van der Waals surface area contributed by atoms with E-state index in [1.165, 1.54) is 17.0 Å². The van der Waals surface area contributed by atoms with E-state index in [9.17, 15) is 19.1 Å². The van der Waals surface area contributed by atoms with Crippen molar-refractivity contribution in [3.63, 3.8) is 0 Å². The van der Waals surface area contributed by atoms with Gasteiger partial charge in [0.25, 0.3) is 0 Å². The smallest absolute Gasteiger partial charge is 0.340 e. The number of carboxylic acid groups (broad SMARTS) is 1. The Kier molecular flexibility index (Phi) is 4.42. The largest absolute Gasteiger partial charge is 0.478 e. The van der Waals surface area contributed by atoms with E-state index in [2.05, 4.69) is 5.32 Å². The minimum absolute atomic E-state index is 0.00204. The maximum Gasteiger partial charge on any atom is 0.340 e. The summed E-state index contributed by atoms with van der Waals surface area (Å²) in [7, 11) is 0. The third-order valence-electron chi connectivity index (χ3n) is 3.66. The van der Waals surface area contributed by atoms with E-state index in [0.717, 1.165) is 6.07 Å². The number of amides is 2. The molecular formula is C14H17FN2O4. The Morgan fingerprint density at radius 3 is 2.76 bits per heavy atom. The average Bonchev–Trinajstić information content (AvgIpc) is 2.88. The molecule has 1 heterocycles. The van der Waals surface area contributed by atoms with Crippen molar-refractivity contribution < 1.29 is 24.2 Å². The lowest BCUT2D eigenvalue weighted by atomic mass is 10.0. The molecule has 1 aliphatic rings. The molecule has 0 aliphatic carbocycles. The van der Waals surface area contributed by atoms with Crippen LogP contribution in [-0.4, -0.2) is 46.3 Å². The van der Waals surface area contributed by atoms with E-state index in [1.807, 2.05) is 0 Å². The summed E-state index contributed by atoms with van der Waals surface area (Å²) in [6.45, 7) is 2.53. The van der Waals surface area contributed by atoms with Crippen LogP contribution < -0.4 is 5.32 Å². The minimum atomic E-state index is -1.44. The van der Waals surface area contributed by atoms with Crippen molar-refractivity contribution in [1.29, 1.82) is 0 Å². The number of aliphatic hydroxyl groups is 1. The summed E-state index contributed by atoms with van der Waals surface area (Å²) in [5.41, 5.74) is -0.634. The van der Waals surface area contributed by atoms with Crippen molar-refractivity contribution in [2.24, 2.45) is 5.92 Å². The highest BCUT2D eigenvalue weighted by Crippen LogP contribution is 2.23. The van der Waals surface area contributed by atoms with Gasteiger partial charge < -0.3 is 20.4 Å². The second kappa shape index (κ2) is 6.09. The quantitative estimate of drug-likeness (QED) is 0.792. The van der Waals surface area contributed by atoms with Gasteiger partial charge in [0.05, 0.1) is 11.8 Å². The van der Waals surface area contributed by atoms with Gasteiger partial charge in [-0.1, -0.05) is 6.07 Å². The fourth-order valence-electron chi connectivity index (χ4n) is 2.41. The van der Waals surface area contributed by atoms with Crippen LogP contribution in [0.15, 0.2) is 18.2 Å². The minimum Gasteiger partial charge on any atom is -0.478 e. The first kappa shape index (κ1) is 15.2. The summed E-state index contributed by atoms with van der Waals surface area (Å²) < 4.78 is 13.5. The highest BCUT2D eigenvalue weighted by molar-refractivity contribution is 6.00. The van der Waals surface area contributed by atoms with Gasteiger partial charge in [0.1, 0.15) is 11.4 Å². The standard InChI is InChI=1S/C14H17FN2O4/c1-8(18)9-5-6-17(7-9)14(21)16-11-4-2-3-10(15)12(11)13(19)20/h2-4,8-9,18H,5-7H2,1H3,(H,16,21)(H,19,20). The molecule has 1 fully saturated rings. The highest BCUT2D eigenvalue weighted by Gasteiger charge is 2.29. The van der Waals surface area contributed by atoms with Gasteiger partial charge in [0.2, 0.25) is 0 Å². The van der Waals surface area contributed by atoms with Crippen LogP contribution in [0, 0.1) is 11.7 Å². The van der Waals surface area contributed by atoms with Crippen molar-refractivity contribution >= 4 is 17.7 Å². The number of likely N-dealkylation sites (tertiary alicyclic amines) is 1. The van der Waals surface area contributed by atoms with Crippen LogP contribution in [0.3, 0.4) is 0 Å². The molecule has 7 heteroatoms. The Balaban J connectivity index is 2.11. The molecule has 0 saturated carbocycles. The SMILES string of the molecule is CC(O)C1CCN(C(=O)Nc2cccc(F)c2C(=O)O)C1. The zero-order valence-electron chi connectivity index (χ0n) is 11.5. The first-order valence-corrected chi connectivity index (χ1v) is 6.66. The molecule has 3 N–H and O–H groups in total. The molecule has 0 aromatic heterocycles. The second-order valence-electron chi connectivity index (χ2n) is 5.13. The summed E-state index contributed by atoms with van der Waals surface area (Å²) in [5, 5.41) is 20.9. The molecule has 114 valence electrons. The number of carboxylic acids is 1. The Bertz CT molecular complexity index is 562. The average molecular weight is 296 g/mol. The van der Waals surface area contributed by atoms with E-state index in [0.29, 0.717) is 19.5 Å². The number of carbonyl (C=O) groups excluding carboxylic acids is 1. The fraction of sp³-hybridized carbons (Fsp3) is 0.429. The molecule has 2 unspecified atom stereocenters. The van der Waals surface area contributed by atoms with Gasteiger partial charge in [-0.15, -0.1) is 0 Å². The summed E-state index contributed by atoms with van der Waals surface area (Å²) in [5.74, 6) is -2.34. The molecule has 1 aromatic rings. The van der Waals surface area contributed by atoms with E-state index in [4.69, 9.17) is 5.11 Å². The van der Waals surface area contributed by atoms with Gasteiger partial charge in [0, 0.05) is 19.0 Å². The van der Waals surface area contributed by atoms with Crippen molar-refractivity contribution in [2.45, 2.75) is 19.4 Å². The Morgan fingerprint density at radius 1 is 1.48 bits per heavy atom. The number of hydrogen-bond donors (Lipinski definition) is 3. The van der Waals surface area contributed by atoms with Crippen LogP contribution in [0.2, 0.25) is 0 Å². The lowest BCUT2D eigenvalue weighted by molar-refractivity contribution is 0.0693. The van der Waals surface area contributed by atoms with Gasteiger partial charge in [-0.2, -0.15) is 0 Å². The Hall–Kier alpha value is -2.15. The summed E-state index contributed by atoms with van der Waals surface area (Å²) >= 11 is 0. The fourth-order valence-corrected chi connectivity index (χ4v) is 2.41. The third-order valence-corrected chi connectivity index (χ3v) is 3.66. The van der Waals surface area contributed by atoms with E-state index in [-0.39, 0.29) is 11.6 Å². The molecule has 1 aromatic carbocycles. The molecule has 2 amide bonds. The predicted octanol–water partition coefficient (Wildman–Crippen LogP) is 1.76. The van der Waals surface area contributed by atoms with Crippen molar-refractivity contribution in [3.8, 4) is 0 Å². The number of rotatable bonds is 3. The van der Waals surface area contributed by atoms with Gasteiger partial charge in [-0.05, 0) is 25.5 Å². The van der Waals surface area contributed by atoms with E-state index in [1.54, 1.807) is 6.92 Å². The maximum absolute atomic E-state index is 13.5. The number of halogens is 1. The number of aromatic carboxylic acids is 1. The van der Waals surface area contributed by atoms with Gasteiger partial charge in [-0.25, -0.2) is 14.0 Å². The van der Waals surface area contributed by atoms with Crippen LogP contribution >= 0.6 is 0 Å². The summed E-state index contributed by atoms with van der Waals surface area (Å²) in [6, 6.07) is 3.21. The zero-order chi connectivity index (χ0) is 15.6. The number of carbonyl (C=O) groups is 2. The molecule has 0 bridgehead atoms. The molecule has 21 heavy (non-hydrogen) atoms. The van der Waals surface area contributed by atoms with E-state index < -0.39 is 29.5 Å². The van der Waals surface area contributed by atoms with Crippen LogP contribution in [0.5, 0.6) is 0 Å². The van der Waals surface area contributed by atoms with Crippen LogP contribution in [0.1, 0.15) is 23.7 Å². The second-order valence-corrected chi connectivity index (χ2v) is 5.13. The molecule has 6 nitrogen and oxygen atoms in total. The molecule has 2 rings (SSSR count). The van der Waals surface area contributed by atoms with Crippen molar-refractivity contribution in [3.05, 3.63) is 29.6 Å². The topological polar surface area (TPSA) is 89.9 Å². The normalized spacial score (nSPS) is 19.4. The third kappa shape index (κ3) is 3.30. The summed E-state index contributed by atoms with van der Waals surface area (Å²) in [4.78, 5) is 24.6. The molecular weight excluding hydrogens is 279 g/mol. The molecule has 1 saturated heterocycles. The number of benzene rings is 1. The Morgan fingerprint density at radius 2 is 2.19 bits per heavy atom. The van der Waals surface area contributed by atoms with Gasteiger partial charge in [-0.3, -0.25) is 0 Å². The zero-order valence-corrected chi connectivity index (χ0v) is 11.5.